The number of hydrogen-bond donors (Lipinski definition) is 1. The predicted octanol–water partition coefficient (Wildman–Crippen LogP) is 4.50. The number of anilines is 1. The van der Waals surface area contributed by atoms with Gasteiger partial charge in [0, 0.05) is 55.5 Å². The van der Waals surface area contributed by atoms with E-state index in [0.717, 1.165) is 28.5 Å². The number of carbonyl (C=O) groups is 2. The first kappa shape index (κ1) is 28.1. The molecule has 3 aromatic rings. The maximum absolute atomic E-state index is 14.9. The van der Waals surface area contributed by atoms with E-state index in [-0.39, 0.29) is 67.4 Å². The second-order valence-electron chi connectivity index (χ2n) is 10.4. The van der Waals surface area contributed by atoms with Crippen LogP contribution in [0.25, 0.3) is 10.9 Å². The van der Waals surface area contributed by atoms with Gasteiger partial charge >= 0.3 is 6.18 Å². The standard InChI is InChI=1S/C26H25F5N6O2.ClH/c27-16-9-18(28)23-19(10-16)37(13-22(38)36-7-1-2-20(36)26(29,30)31)34-24(23)15-11-35(12-15)25(39)14-5-6-32-21(8-14)33-17-3-4-17;/h5-6,8-10,15,17,20H,1-4,7,11-13H2,(H,32,33);1H/t20-;/m0./s1. The predicted molar refractivity (Wildman–Crippen MR) is 137 cm³/mol. The summed E-state index contributed by atoms with van der Waals surface area (Å²) in [5, 5.41) is 7.59. The number of nitrogens with one attached hydrogen (secondary N) is 1. The maximum Gasteiger partial charge on any atom is 0.408 e. The van der Waals surface area contributed by atoms with Crippen LogP contribution in [0.5, 0.6) is 0 Å². The Labute approximate surface area is 231 Å². The highest BCUT2D eigenvalue weighted by Gasteiger charge is 2.47. The second kappa shape index (κ2) is 10.5. The number of halogens is 6. The number of fused-ring (bicyclic) bond motifs is 1. The van der Waals surface area contributed by atoms with Crippen LogP contribution in [0.3, 0.4) is 0 Å². The molecule has 2 aromatic heterocycles. The Morgan fingerprint density at radius 3 is 2.52 bits per heavy atom. The fourth-order valence-electron chi connectivity index (χ4n) is 5.36. The summed E-state index contributed by atoms with van der Waals surface area (Å²) in [6.07, 6.45) is -0.873. The Morgan fingerprint density at radius 1 is 1.07 bits per heavy atom. The van der Waals surface area contributed by atoms with Crippen LogP contribution in [-0.4, -0.2) is 74.3 Å². The lowest BCUT2D eigenvalue weighted by atomic mass is 9.93. The molecule has 0 radical (unpaired) electrons. The lowest BCUT2D eigenvalue weighted by Crippen LogP contribution is -2.48. The van der Waals surface area contributed by atoms with Crippen LogP contribution >= 0.6 is 12.4 Å². The van der Waals surface area contributed by atoms with Gasteiger partial charge in [0.1, 0.15) is 30.0 Å². The molecule has 1 aliphatic carbocycles. The fourth-order valence-corrected chi connectivity index (χ4v) is 5.36. The van der Waals surface area contributed by atoms with E-state index in [4.69, 9.17) is 0 Å². The van der Waals surface area contributed by atoms with Crippen molar-refractivity contribution in [1.29, 1.82) is 0 Å². The first-order valence-electron chi connectivity index (χ1n) is 12.8. The van der Waals surface area contributed by atoms with Crippen LogP contribution < -0.4 is 5.32 Å². The molecule has 14 heteroatoms. The van der Waals surface area contributed by atoms with Gasteiger partial charge in [0.2, 0.25) is 5.91 Å². The highest BCUT2D eigenvalue weighted by Crippen LogP contribution is 2.36. The summed E-state index contributed by atoms with van der Waals surface area (Å²) in [5.74, 6) is -2.62. The molecule has 214 valence electrons. The van der Waals surface area contributed by atoms with E-state index < -0.39 is 42.2 Å². The number of aromatic nitrogens is 3. The van der Waals surface area contributed by atoms with Crippen LogP contribution in [-0.2, 0) is 11.3 Å². The first-order chi connectivity index (χ1) is 18.6. The van der Waals surface area contributed by atoms with E-state index >= 15 is 0 Å². The van der Waals surface area contributed by atoms with Gasteiger partial charge in [-0.25, -0.2) is 13.8 Å². The maximum atomic E-state index is 14.9. The quantitative estimate of drug-likeness (QED) is 0.432. The minimum absolute atomic E-state index is 0. The fraction of sp³-hybridized carbons (Fsp3) is 0.462. The molecule has 1 N–H and O–H groups in total. The van der Waals surface area contributed by atoms with Crippen LogP contribution in [0.1, 0.15) is 47.7 Å². The summed E-state index contributed by atoms with van der Waals surface area (Å²) in [5.41, 5.74) is 0.665. The van der Waals surface area contributed by atoms with Crippen molar-refractivity contribution in [3.8, 4) is 0 Å². The van der Waals surface area contributed by atoms with E-state index in [2.05, 4.69) is 15.4 Å². The highest BCUT2D eigenvalue weighted by atomic mass is 35.5. The SMILES string of the molecule is Cl.O=C(c1ccnc(NC2CC2)c1)N1CC(c2nn(CC(=O)N3CCC[C@H]3C(F)(F)F)c3cc(F)cc(F)c23)C1. The molecule has 2 saturated heterocycles. The van der Waals surface area contributed by atoms with Crippen LogP contribution in [0.4, 0.5) is 27.8 Å². The molecule has 3 aliphatic rings. The van der Waals surface area contributed by atoms with E-state index in [0.29, 0.717) is 23.5 Å². The lowest BCUT2D eigenvalue weighted by molar-refractivity contribution is -0.183. The Balaban J connectivity index is 0.00000323. The van der Waals surface area contributed by atoms with Gasteiger partial charge in [-0.2, -0.15) is 18.3 Å². The third-order valence-electron chi connectivity index (χ3n) is 7.52. The van der Waals surface area contributed by atoms with E-state index in [1.54, 1.807) is 23.2 Å². The molecule has 0 unspecified atom stereocenters. The van der Waals surface area contributed by atoms with Crippen molar-refractivity contribution in [3.63, 3.8) is 0 Å². The normalized spacial score (nSPS) is 19.5. The Bertz CT molecular complexity index is 1450. The molecule has 2 amide bonds. The van der Waals surface area contributed by atoms with Crippen molar-refractivity contribution >= 4 is 40.9 Å². The van der Waals surface area contributed by atoms with Crippen LogP contribution in [0, 0.1) is 11.6 Å². The van der Waals surface area contributed by atoms with Gasteiger partial charge in [-0.05, 0) is 37.8 Å². The topological polar surface area (TPSA) is 83.4 Å². The third kappa shape index (κ3) is 5.30. The Hall–Kier alpha value is -3.48. The number of rotatable bonds is 6. The smallest absolute Gasteiger partial charge is 0.367 e. The monoisotopic (exact) mass is 584 g/mol. The molecule has 3 fully saturated rings. The average Bonchev–Trinajstić information content (AvgIpc) is 3.37. The van der Waals surface area contributed by atoms with Gasteiger partial charge in [-0.1, -0.05) is 0 Å². The first-order valence-corrected chi connectivity index (χ1v) is 12.8. The Kier molecular flexibility index (Phi) is 7.36. The number of carbonyl (C=O) groups excluding carboxylic acids is 2. The lowest BCUT2D eigenvalue weighted by Gasteiger charge is -2.38. The second-order valence-corrected chi connectivity index (χ2v) is 10.4. The number of nitrogens with zero attached hydrogens (tertiary/aromatic N) is 5. The molecule has 1 saturated carbocycles. The molecule has 6 rings (SSSR count). The van der Waals surface area contributed by atoms with Gasteiger partial charge in [-0.15, -0.1) is 12.4 Å². The zero-order valence-electron chi connectivity index (χ0n) is 21.1. The van der Waals surface area contributed by atoms with Crippen molar-refractivity contribution in [1.82, 2.24) is 24.6 Å². The van der Waals surface area contributed by atoms with Crippen LogP contribution in [0.2, 0.25) is 0 Å². The molecule has 1 aromatic carbocycles. The average molecular weight is 585 g/mol. The van der Waals surface area contributed by atoms with Gasteiger partial charge in [0.05, 0.1) is 16.6 Å². The molecule has 8 nitrogen and oxygen atoms in total. The largest absolute Gasteiger partial charge is 0.408 e. The van der Waals surface area contributed by atoms with Crippen molar-refractivity contribution in [3.05, 3.63) is 53.4 Å². The molecular weight excluding hydrogens is 559 g/mol. The number of pyridine rings is 1. The number of hydrogen-bond acceptors (Lipinski definition) is 5. The molecule has 0 bridgehead atoms. The van der Waals surface area contributed by atoms with E-state index in [9.17, 15) is 31.5 Å². The number of alkyl halides is 3. The van der Waals surface area contributed by atoms with Gasteiger partial charge < -0.3 is 15.1 Å². The molecular formula is C26H26ClF5N6O2. The third-order valence-corrected chi connectivity index (χ3v) is 7.52. The molecule has 4 heterocycles. The summed E-state index contributed by atoms with van der Waals surface area (Å²) in [4.78, 5) is 32.4. The molecule has 40 heavy (non-hydrogen) atoms. The minimum Gasteiger partial charge on any atom is -0.367 e. The van der Waals surface area contributed by atoms with Crippen molar-refractivity contribution in [2.45, 2.75) is 56.4 Å². The summed E-state index contributed by atoms with van der Waals surface area (Å²) >= 11 is 0. The van der Waals surface area contributed by atoms with Gasteiger partial charge in [0.25, 0.3) is 5.91 Å². The number of amides is 2. The van der Waals surface area contributed by atoms with Gasteiger partial charge in [0.15, 0.2) is 0 Å². The summed E-state index contributed by atoms with van der Waals surface area (Å²) in [6.45, 7) is -0.211. The van der Waals surface area contributed by atoms with Crippen LogP contribution in [0.15, 0.2) is 30.5 Å². The molecule has 1 atom stereocenters. The highest BCUT2D eigenvalue weighted by molar-refractivity contribution is 5.96. The minimum atomic E-state index is -4.56. The molecule has 0 spiro atoms. The zero-order valence-corrected chi connectivity index (χ0v) is 21.9. The summed E-state index contributed by atoms with van der Waals surface area (Å²) < 4.78 is 70.3. The number of likely N-dealkylation sites (tertiary alicyclic amines) is 2. The van der Waals surface area contributed by atoms with E-state index in [1.807, 2.05) is 0 Å². The Morgan fingerprint density at radius 2 is 1.82 bits per heavy atom. The summed E-state index contributed by atoms with van der Waals surface area (Å²) in [7, 11) is 0. The van der Waals surface area contributed by atoms with Crippen molar-refractivity contribution < 1.29 is 31.5 Å². The van der Waals surface area contributed by atoms with E-state index in [1.165, 1.54) is 0 Å². The van der Waals surface area contributed by atoms with Gasteiger partial charge in [-0.3, -0.25) is 14.3 Å². The van der Waals surface area contributed by atoms with Crippen molar-refractivity contribution in [2.75, 3.05) is 25.0 Å². The number of benzene rings is 1. The summed E-state index contributed by atoms with van der Waals surface area (Å²) in [6, 6.07) is 3.49. The molecule has 2 aliphatic heterocycles. The van der Waals surface area contributed by atoms with Crippen molar-refractivity contribution in [2.24, 2.45) is 0 Å². The zero-order chi connectivity index (χ0) is 27.5.